The Morgan fingerprint density at radius 2 is 1.72 bits per heavy atom. The van der Waals surface area contributed by atoms with E-state index in [0.717, 1.165) is 11.3 Å². The van der Waals surface area contributed by atoms with Crippen LogP contribution in [-0.2, 0) is 13.1 Å². The van der Waals surface area contributed by atoms with Crippen LogP contribution in [0.3, 0.4) is 0 Å². The van der Waals surface area contributed by atoms with Crippen molar-refractivity contribution in [1.82, 2.24) is 4.90 Å². The van der Waals surface area contributed by atoms with Crippen molar-refractivity contribution in [3.63, 3.8) is 0 Å². The Hall–Kier alpha value is -2.43. The van der Waals surface area contributed by atoms with Gasteiger partial charge in [0.05, 0.1) is 19.8 Å². The molecular weight excluding hydrogens is 313 g/mol. The van der Waals surface area contributed by atoms with Crippen LogP contribution in [0.15, 0.2) is 30.3 Å². The van der Waals surface area contributed by atoms with E-state index in [-0.39, 0.29) is 11.8 Å². The van der Waals surface area contributed by atoms with Crippen LogP contribution in [-0.4, -0.2) is 32.9 Å². The van der Waals surface area contributed by atoms with Crippen molar-refractivity contribution in [2.45, 2.75) is 32.9 Å². The minimum atomic E-state index is -0.00439. The average Bonchev–Trinajstić information content (AvgIpc) is 3.02. The zero-order valence-electron chi connectivity index (χ0n) is 15.6. The lowest BCUT2D eigenvalue weighted by Gasteiger charge is -2.20. The van der Waals surface area contributed by atoms with E-state index in [1.165, 1.54) is 16.6 Å². The summed E-state index contributed by atoms with van der Waals surface area (Å²) < 4.78 is 10.9. The Balaban J connectivity index is 1.96. The molecule has 0 aromatic heterocycles. The maximum atomic E-state index is 13.2. The van der Waals surface area contributed by atoms with Gasteiger partial charge in [0.2, 0.25) is 0 Å². The number of ether oxygens (including phenoxy) is 2. The minimum Gasteiger partial charge on any atom is -0.496 e. The standard InChI is InChI=1S/C20H24BNO3/c1-12(2)16-8-17(19(25-4)9-18(16)24-3)20(23)22-10-13-5-6-15(21)7-14(13)11-22/h5-9,12H,10-11,21H2,1-4H3. The SMILES string of the molecule is Bc1ccc2c(c1)CN(C(=O)c1cc(C(C)C)c(OC)cc1OC)C2. The highest BCUT2D eigenvalue weighted by molar-refractivity contribution is 6.32. The minimum absolute atomic E-state index is 0.00439. The van der Waals surface area contributed by atoms with Gasteiger partial charge in [-0.05, 0) is 28.7 Å². The van der Waals surface area contributed by atoms with E-state index < -0.39 is 0 Å². The van der Waals surface area contributed by atoms with Gasteiger partial charge in [0.25, 0.3) is 5.91 Å². The molecule has 3 rings (SSSR count). The summed E-state index contributed by atoms with van der Waals surface area (Å²) in [4.78, 5) is 15.0. The highest BCUT2D eigenvalue weighted by Crippen LogP contribution is 2.35. The summed E-state index contributed by atoms with van der Waals surface area (Å²) in [6.45, 7) is 5.46. The summed E-state index contributed by atoms with van der Waals surface area (Å²) in [6.07, 6.45) is 0. The molecule has 2 aromatic rings. The van der Waals surface area contributed by atoms with Gasteiger partial charge in [0.15, 0.2) is 0 Å². The van der Waals surface area contributed by atoms with Crippen molar-refractivity contribution in [1.29, 1.82) is 0 Å². The second-order valence-electron chi connectivity index (χ2n) is 6.88. The Bertz CT molecular complexity index is 817. The van der Waals surface area contributed by atoms with E-state index in [9.17, 15) is 4.79 Å². The third-order valence-corrected chi connectivity index (χ3v) is 4.78. The van der Waals surface area contributed by atoms with Crippen LogP contribution in [0, 0.1) is 0 Å². The molecule has 1 heterocycles. The summed E-state index contributed by atoms with van der Waals surface area (Å²) >= 11 is 0. The third-order valence-electron chi connectivity index (χ3n) is 4.78. The molecule has 0 spiro atoms. The fourth-order valence-electron chi connectivity index (χ4n) is 3.38. The van der Waals surface area contributed by atoms with E-state index >= 15 is 0 Å². The lowest BCUT2D eigenvalue weighted by Crippen LogP contribution is -2.26. The molecule has 4 nitrogen and oxygen atoms in total. The Labute approximate surface area is 150 Å². The summed E-state index contributed by atoms with van der Waals surface area (Å²) in [5.74, 6) is 1.56. The number of carbonyl (C=O) groups excluding carboxylic acids is 1. The van der Waals surface area contributed by atoms with Crippen molar-refractivity contribution >= 4 is 19.2 Å². The van der Waals surface area contributed by atoms with Gasteiger partial charge in [-0.15, -0.1) is 0 Å². The first-order valence-electron chi connectivity index (χ1n) is 8.58. The number of hydrogen-bond acceptors (Lipinski definition) is 3. The normalized spacial score (nSPS) is 13.1. The topological polar surface area (TPSA) is 38.8 Å². The predicted molar refractivity (Wildman–Crippen MR) is 102 cm³/mol. The van der Waals surface area contributed by atoms with Crippen molar-refractivity contribution in [3.8, 4) is 11.5 Å². The molecule has 5 heteroatoms. The number of benzene rings is 2. The molecule has 2 aromatic carbocycles. The quantitative estimate of drug-likeness (QED) is 0.804. The van der Waals surface area contributed by atoms with Crippen molar-refractivity contribution in [3.05, 3.63) is 52.6 Å². The molecule has 25 heavy (non-hydrogen) atoms. The van der Waals surface area contributed by atoms with E-state index in [1.807, 2.05) is 17.0 Å². The average molecular weight is 337 g/mol. The summed E-state index contributed by atoms with van der Waals surface area (Å²) in [5, 5.41) is 0. The van der Waals surface area contributed by atoms with E-state index in [0.29, 0.717) is 24.4 Å². The highest BCUT2D eigenvalue weighted by atomic mass is 16.5. The maximum Gasteiger partial charge on any atom is 0.258 e. The summed E-state index contributed by atoms with van der Waals surface area (Å²) in [6, 6.07) is 10.1. The molecule has 0 radical (unpaired) electrons. The van der Waals surface area contributed by atoms with E-state index in [1.54, 1.807) is 14.2 Å². The molecule has 0 unspecified atom stereocenters. The van der Waals surface area contributed by atoms with Crippen molar-refractivity contribution in [2.75, 3.05) is 14.2 Å². The molecule has 1 amide bonds. The molecule has 0 saturated carbocycles. The number of fused-ring (bicyclic) bond motifs is 1. The van der Waals surface area contributed by atoms with Gasteiger partial charge < -0.3 is 14.4 Å². The molecule has 1 aliphatic rings. The van der Waals surface area contributed by atoms with Crippen LogP contribution in [0.4, 0.5) is 0 Å². The predicted octanol–water partition coefficient (Wildman–Crippen LogP) is 2.24. The van der Waals surface area contributed by atoms with Gasteiger partial charge in [0.1, 0.15) is 19.3 Å². The molecule has 0 bridgehead atoms. The Morgan fingerprint density at radius 3 is 2.36 bits per heavy atom. The largest absolute Gasteiger partial charge is 0.496 e. The van der Waals surface area contributed by atoms with Crippen LogP contribution >= 0.6 is 0 Å². The number of nitrogens with zero attached hydrogens (tertiary/aromatic N) is 1. The fraction of sp³-hybridized carbons (Fsp3) is 0.350. The number of rotatable bonds is 4. The molecule has 0 atom stereocenters. The Kier molecular flexibility index (Phi) is 4.75. The number of amides is 1. The van der Waals surface area contributed by atoms with Crippen LogP contribution in [0.1, 0.15) is 46.8 Å². The number of methoxy groups -OCH3 is 2. The van der Waals surface area contributed by atoms with Gasteiger partial charge in [0, 0.05) is 19.2 Å². The smallest absolute Gasteiger partial charge is 0.258 e. The molecule has 0 fully saturated rings. The van der Waals surface area contributed by atoms with E-state index in [2.05, 4.69) is 39.9 Å². The lowest BCUT2D eigenvalue weighted by atomic mass is 9.93. The molecule has 0 saturated heterocycles. The highest BCUT2D eigenvalue weighted by Gasteiger charge is 2.27. The zero-order valence-corrected chi connectivity index (χ0v) is 15.6. The molecule has 0 aliphatic carbocycles. The van der Waals surface area contributed by atoms with Crippen molar-refractivity contribution in [2.24, 2.45) is 0 Å². The monoisotopic (exact) mass is 337 g/mol. The fourth-order valence-corrected chi connectivity index (χ4v) is 3.38. The maximum absolute atomic E-state index is 13.2. The van der Waals surface area contributed by atoms with Gasteiger partial charge in [-0.2, -0.15) is 0 Å². The van der Waals surface area contributed by atoms with Gasteiger partial charge >= 0.3 is 0 Å². The van der Waals surface area contributed by atoms with Crippen LogP contribution in [0.2, 0.25) is 0 Å². The van der Waals surface area contributed by atoms with Crippen LogP contribution in [0.25, 0.3) is 0 Å². The first-order chi connectivity index (χ1) is 11.9. The second kappa shape index (κ2) is 6.83. The first-order valence-corrected chi connectivity index (χ1v) is 8.58. The second-order valence-corrected chi connectivity index (χ2v) is 6.88. The van der Waals surface area contributed by atoms with Crippen LogP contribution < -0.4 is 14.9 Å². The third kappa shape index (κ3) is 3.23. The summed E-state index contributed by atoms with van der Waals surface area (Å²) in [5.41, 5.74) is 5.27. The Morgan fingerprint density at radius 1 is 1.04 bits per heavy atom. The molecule has 130 valence electrons. The lowest BCUT2D eigenvalue weighted by molar-refractivity contribution is 0.0748. The molecule has 1 aliphatic heterocycles. The van der Waals surface area contributed by atoms with Crippen molar-refractivity contribution < 1.29 is 14.3 Å². The first kappa shape index (κ1) is 17.4. The van der Waals surface area contributed by atoms with Gasteiger partial charge in [-0.1, -0.05) is 37.5 Å². The van der Waals surface area contributed by atoms with Gasteiger partial charge in [-0.25, -0.2) is 0 Å². The summed E-state index contributed by atoms with van der Waals surface area (Å²) in [7, 11) is 5.30. The van der Waals surface area contributed by atoms with Crippen LogP contribution in [0.5, 0.6) is 11.5 Å². The molecule has 0 N–H and O–H groups in total. The van der Waals surface area contributed by atoms with E-state index in [4.69, 9.17) is 9.47 Å². The number of carbonyl (C=O) groups is 1. The molecular formula is C20H24BNO3. The van der Waals surface area contributed by atoms with Gasteiger partial charge in [-0.3, -0.25) is 4.79 Å². The zero-order chi connectivity index (χ0) is 18.1. The number of hydrogen-bond donors (Lipinski definition) is 0.